The van der Waals surface area contributed by atoms with E-state index in [-0.39, 0.29) is 33.0 Å². The minimum atomic E-state index is -5.27. The third-order valence-electron chi connectivity index (χ3n) is 5.63. The van der Waals surface area contributed by atoms with E-state index in [0.29, 0.717) is 12.1 Å². The predicted molar refractivity (Wildman–Crippen MR) is 132 cm³/mol. The summed E-state index contributed by atoms with van der Waals surface area (Å²) < 4.78 is 126. The van der Waals surface area contributed by atoms with Crippen LogP contribution in [-0.2, 0) is 20.5 Å². The van der Waals surface area contributed by atoms with Gasteiger partial charge in [0.15, 0.2) is 0 Å². The van der Waals surface area contributed by atoms with Crippen molar-refractivity contribution in [3.8, 4) is 0 Å². The van der Waals surface area contributed by atoms with Gasteiger partial charge >= 0.3 is 18.5 Å². The lowest BCUT2D eigenvalue weighted by Gasteiger charge is -2.32. The van der Waals surface area contributed by atoms with Crippen LogP contribution in [-0.4, -0.2) is 80.4 Å². The molecule has 42 heavy (non-hydrogen) atoms. The predicted octanol–water partition coefficient (Wildman–Crippen LogP) is 4.95. The summed E-state index contributed by atoms with van der Waals surface area (Å²) in [5.74, 6) is -3.36. The average molecular weight is 655 g/mol. The largest absolute Gasteiger partial charge is 0.418 e. The number of morpholine rings is 1. The second-order valence-corrected chi connectivity index (χ2v) is 10.5. The number of alkyl halides is 9. The standard InChI is InChI=1S/C23H20ClF9N4O4S/c24-17-4-3-16(42-17)20(40)34-8-15(36(10-21(25,26)27)11-22(28,29)30)19(39)35-14-2-1-12(7-13(14)23(31,32)33)37-5-6-41-9-18(37)38/h1-4,7,15H,5-6,8-11H2,(H,34,40)(H,35,39)/t15-/m0/s1. The van der Waals surface area contributed by atoms with Crippen LogP contribution in [0.3, 0.4) is 0 Å². The summed E-state index contributed by atoms with van der Waals surface area (Å²) in [6, 6.07) is 2.27. The first-order valence-electron chi connectivity index (χ1n) is 11.7. The van der Waals surface area contributed by atoms with Crippen molar-refractivity contribution in [1.29, 1.82) is 0 Å². The topological polar surface area (TPSA) is 91.0 Å². The van der Waals surface area contributed by atoms with Crippen LogP contribution in [0.15, 0.2) is 30.3 Å². The maximum absolute atomic E-state index is 13.9. The molecule has 8 nitrogen and oxygen atoms in total. The number of benzene rings is 1. The van der Waals surface area contributed by atoms with Crippen LogP contribution in [0.5, 0.6) is 0 Å². The van der Waals surface area contributed by atoms with Crippen LogP contribution in [0, 0.1) is 0 Å². The van der Waals surface area contributed by atoms with Crippen LogP contribution in [0.25, 0.3) is 0 Å². The Bertz CT molecular complexity index is 1280. The molecule has 1 atom stereocenters. The fraction of sp³-hybridized carbons (Fsp3) is 0.435. The van der Waals surface area contributed by atoms with Gasteiger partial charge in [-0.3, -0.25) is 19.3 Å². The molecular weight excluding hydrogens is 635 g/mol. The summed E-state index contributed by atoms with van der Waals surface area (Å²) in [5.41, 5.74) is -2.76. The molecule has 2 aromatic rings. The molecule has 0 aliphatic carbocycles. The Morgan fingerprint density at radius 1 is 1.02 bits per heavy atom. The van der Waals surface area contributed by atoms with E-state index in [2.05, 4.69) is 0 Å². The van der Waals surface area contributed by atoms with Gasteiger partial charge in [0.2, 0.25) is 5.91 Å². The Hall–Kier alpha value is -3.09. The third-order valence-corrected chi connectivity index (χ3v) is 6.85. The second-order valence-electron chi connectivity index (χ2n) is 8.78. The summed E-state index contributed by atoms with van der Waals surface area (Å²) >= 11 is 6.44. The number of carbonyl (C=O) groups excluding carboxylic acids is 3. The Labute approximate surface area is 240 Å². The molecule has 1 aromatic carbocycles. The van der Waals surface area contributed by atoms with Crippen molar-refractivity contribution in [3.05, 3.63) is 45.1 Å². The minimum Gasteiger partial charge on any atom is -0.370 e. The molecule has 1 fully saturated rings. The zero-order valence-corrected chi connectivity index (χ0v) is 22.5. The molecule has 1 aliphatic rings. The Morgan fingerprint density at radius 2 is 1.67 bits per heavy atom. The number of hydrogen-bond acceptors (Lipinski definition) is 6. The molecule has 3 amide bonds. The number of nitrogens with one attached hydrogen (secondary N) is 2. The van der Waals surface area contributed by atoms with Gasteiger partial charge in [-0.25, -0.2) is 0 Å². The van der Waals surface area contributed by atoms with Crippen molar-refractivity contribution in [2.24, 2.45) is 0 Å². The first-order chi connectivity index (χ1) is 19.3. The van der Waals surface area contributed by atoms with Crippen molar-refractivity contribution < 1.29 is 58.6 Å². The quantitative estimate of drug-likeness (QED) is 0.374. The van der Waals surface area contributed by atoms with Crippen molar-refractivity contribution in [1.82, 2.24) is 10.2 Å². The monoisotopic (exact) mass is 654 g/mol. The maximum Gasteiger partial charge on any atom is 0.418 e. The number of rotatable bonds is 9. The summed E-state index contributed by atoms with van der Waals surface area (Å²) in [6.07, 6.45) is -15.7. The lowest BCUT2D eigenvalue weighted by Crippen LogP contribution is -2.55. The highest BCUT2D eigenvalue weighted by Gasteiger charge is 2.43. The molecule has 2 N–H and O–H groups in total. The lowest BCUT2D eigenvalue weighted by molar-refractivity contribution is -0.186. The maximum atomic E-state index is 13.9. The number of amides is 3. The Balaban J connectivity index is 1.96. The van der Waals surface area contributed by atoms with Crippen LogP contribution in [0.4, 0.5) is 50.9 Å². The van der Waals surface area contributed by atoms with E-state index in [1.54, 1.807) is 5.32 Å². The number of hydrogen-bond donors (Lipinski definition) is 2. The molecule has 0 radical (unpaired) electrons. The summed E-state index contributed by atoms with van der Waals surface area (Å²) in [4.78, 5) is 38.1. The highest BCUT2D eigenvalue weighted by Crippen LogP contribution is 2.38. The molecule has 0 bridgehead atoms. The number of thiophene rings is 1. The summed E-state index contributed by atoms with van der Waals surface area (Å²) in [6.45, 7) is -6.19. The first-order valence-corrected chi connectivity index (χ1v) is 12.8. The Kier molecular flexibility index (Phi) is 10.4. The number of anilines is 2. The van der Waals surface area contributed by atoms with Gasteiger partial charge in [0.05, 0.1) is 40.2 Å². The molecule has 232 valence electrons. The fourth-order valence-corrected chi connectivity index (χ4v) is 4.85. The zero-order valence-electron chi connectivity index (χ0n) is 20.9. The molecule has 19 heteroatoms. The summed E-state index contributed by atoms with van der Waals surface area (Å²) in [5, 5.41) is 3.78. The van der Waals surface area contributed by atoms with E-state index in [9.17, 15) is 53.9 Å². The number of halogens is 10. The van der Waals surface area contributed by atoms with Gasteiger partial charge in [0, 0.05) is 18.8 Å². The number of ether oxygens (including phenoxy) is 1. The minimum absolute atomic E-state index is 0.0188. The first kappa shape index (κ1) is 33.4. The molecule has 0 saturated carbocycles. The van der Waals surface area contributed by atoms with Gasteiger partial charge in [-0.1, -0.05) is 11.6 Å². The molecular formula is C23H20ClF9N4O4S. The second kappa shape index (κ2) is 13.0. The lowest BCUT2D eigenvalue weighted by atomic mass is 10.1. The van der Waals surface area contributed by atoms with E-state index in [0.717, 1.165) is 22.3 Å². The Morgan fingerprint density at radius 3 is 2.19 bits per heavy atom. The average Bonchev–Trinajstić information content (AvgIpc) is 3.28. The van der Waals surface area contributed by atoms with Gasteiger partial charge in [-0.2, -0.15) is 39.5 Å². The molecule has 3 rings (SSSR count). The van der Waals surface area contributed by atoms with Crippen LogP contribution < -0.4 is 15.5 Å². The van der Waals surface area contributed by atoms with E-state index in [4.69, 9.17) is 16.3 Å². The zero-order chi connectivity index (χ0) is 31.5. The molecule has 2 heterocycles. The van der Waals surface area contributed by atoms with Gasteiger partial charge in [0.1, 0.15) is 12.6 Å². The highest BCUT2D eigenvalue weighted by molar-refractivity contribution is 7.18. The molecule has 1 aliphatic heterocycles. The summed E-state index contributed by atoms with van der Waals surface area (Å²) in [7, 11) is 0. The number of nitrogens with zero attached hydrogens (tertiary/aromatic N) is 2. The molecule has 0 unspecified atom stereocenters. The van der Waals surface area contributed by atoms with E-state index >= 15 is 0 Å². The van der Waals surface area contributed by atoms with Crippen LogP contribution in [0.2, 0.25) is 4.34 Å². The van der Waals surface area contributed by atoms with E-state index in [1.165, 1.54) is 12.1 Å². The van der Waals surface area contributed by atoms with Gasteiger partial charge in [-0.05, 0) is 30.3 Å². The molecule has 0 spiro atoms. The van der Waals surface area contributed by atoms with E-state index < -0.39 is 79.8 Å². The molecule has 1 saturated heterocycles. The van der Waals surface area contributed by atoms with Crippen molar-refractivity contribution in [3.63, 3.8) is 0 Å². The van der Waals surface area contributed by atoms with Gasteiger partial charge in [-0.15, -0.1) is 11.3 Å². The van der Waals surface area contributed by atoms with Crippen LogP contribution in [0.1, 0.15) is 15.2 Å². The van der Waals surface area contributed by atoms with Crippen molar-refractivity contribution in [2.75, 3.05) is 49.6 Å². The van der Waals surface area contributed by atoms with Crippen LogP contribution >= 0.6 is 22.9 Å². The van der Waals surface area contributed by atoms with Crippen molar-refractivity contribution in [2.45, 2.75) is 24.6 Å². The van der Waals surface area contributed by atoms with Crippen molar-refractivity contribution >= 4 is 52.0 Å². The van der Waals surface area contributed by atoms with Gasteiger partial charge in [0.25, 0.3) is 11.8 Å². The van der Waals surface area contributed by atoms with Gasteiger partial charge < -0.3 is 20.3 Å². The number of carbonyl (C=O) groups is 3. The van der Waals surface area contributed by atoms with E-state index in [1.807, 2.05) is 5.32 Å². The SMILES string of the molecule is O=C(NC[C@@H](C(=O)Nc1ccc(N2CCOCC2=O)cc1C(F)(F)F)N(CC(F)(F)F)CC(F)(F)F)c1ccc(Cl)s1. The third kappa shape index (κ3) is 9.47. The normalized spacial score (nSPS) is 15.6. The smallest absolute Gasteiger partial charge is 0.370 e. The fourth-order valence-electron chi connectivity index (χ4n) is 3.89. The molecule has 1 aromatic heterocycles. The highest BCUT2D eigenvalue weighted by atomic mass is 35.5.